The number of hydrogen-bond acceptors (Lipinski definition) is 2. The minimum atomic E-state index is 0.277. The largest absolute Gasteiger partial charge is 0.396 e. The van der Waals surface area contributed by atoms with E-state index in [1.807, 2.05) is 0 Å². The van der Waals surface area contributed by atoms with Crippen molar-refractivity contribution in [3.05, 3.63) is 35.9 Å². The lowest BCUT2D eigenvalue weighted by Crippen LogP contribution is -2.30. The molecular formula is C17H29NO. The lowest BCUT2D eigenvalue weighted by Gasteiger charge is -2.25. The third-order valence-corrected chi connectivity index (χ3v) is 3.74. The molecule has 0 fully saturated rings. The highest BCUT2D eigenvalue weighted by molar-refractivity contribution is 5.18. The zero-order chi connectivity index (χ0) is 14.1. The van der Waals surface area contributed by atoms with E-state index in [9.17, 15) is 0 Å². The zero-order valence-corrected chi connectivity index (χ0v) is 12.7. The summed E-state index contributed by atoms with van der Waals surface area (Å²) in [5.74, 6) is 0.606. The van der Waals surface area contributed by atoms with Crippen molar-refractivity contribution in [2.24, 2.45) is 5.41 Å². The molecule has 19 heavy (non-hydrogen) atoms. The van der Waals surface area contributed by atoms with Crippen LogP contribution in [-0.2, 0) is 0 Å². The maximum atomic E-state index is 8.88. The Morgan fingerprint density at radius 1 is 1.21 bits per heavy atom. The van der Waals surface area contributed by atoms with E-state index in [2.05, 4.69) is 56.4 Å². The Hall–Kier alpha value is -0.860. The van der Waals surface area contributed by atoms with Gasteiger partial charge in [-0.2, -0.15) is 0 Å². The standard InChI is InChI=1S/C17H29NO/c1-15(16-8-5-4-6-9-16)10-12-18-14-17(2,3)11-7-13-19/h4-6,8-9,15,18-19H,7,10-14H2,1-3H3. The van der Waals surface area contributed by atoms with Crippen molar-refractivity contribution in [3.63, 3.8) is 0 Å². The molecule has 108 valence electrons. The van der Waals surface area contributed by atoms with Gasteiger partial charge in [0, 0.05) is 13.2 Å². The molecule has 1 atom stereocenters. The first kappa shape index (κ1) is 16.2. The second-order valence-corrected chi connectivity index (χ2v) is 6.27. The minimum Gasteiger partial charge on any atom is -0.396 e. The average molecular weight is 263 g/mol. The van der Waals surface area contributed by atoms with E-state index in [0.29, 0.717) is 12.5 Å². The van der Waals surface area contributed by atoms with Gasteiger partial charge in [0.15, 0.2) is 0 Å². The number of rotatable bonds is 9. The summed E-state index contributed by atoms with van der Waals surface area (Å²) in [5.41, 5.74) is 1.70. The maximum absolute atomic E-state index is 8.88. The third-order valence-electron chi connectivity index (χ3n) is 3.74. The van der Waals surface area contributed by atoms with Crippen LogP contribution in [0.5, 0.6) is 0 Å². The molecule has 1 aromatic carbocycles. The SMILES string of the molecule is CC(CCNCC(C)(C)CCCO)c1ccccc1. The molecule has 0 heterocycles. The van der Waals surface area contributed by atoms with Crippen LogP contribution >= 0.6 is 0 Å². The van der Waals surface area contributed by atoms with Crippen LogP contribution in [0.2, 0.25) is 0 Å². The molecule has 0 amide bonds. The van der Waals surface area contributed by atoms with Crippen molar-refractivity contribution in [1.29, 1.82) is 0 Å². The molecule has 0 aliphatic heterocycles. The molecule has 0 aromatic heterocycles. The number of hydrogen-bond donors (Lipinski definition) is 2. The molecule has 0 aliphatic rings. The van der Waals surface area contributed by atoms with Gasteiger partial charge in [0.2, 0.25) is 0 Å². The second-order valence-electron chi connectivity index (χ2n) is 6.27. The lowest BCUT2D eigenvalue weighted by molar-refractivity contribution is 0.236. The fourth-order valence-electron chi connectivity index (χ4n) is 2.34. The fourth-order valence-corrected chi connectivity index (χ4v) is 2.34. The summed E-state index contributed by atoms with van der Waals surface area (Å²) in [6.07, 6.45) is 3.14. The molecule has 2 heteroatoms. The summed E-state index contributed by atoms with van der Waals surface area (Å²) in [6.45, 7) is 9.18. The smallest absolute Gasteiger partial charge is 0.0431 e. The molecule has 0 saturated heterocycles. The van der Waals surface area contributed by atoms with E-state index in [4.69, 9.17) is 5.11 Å². The van der Waals surface area contributed by atoms with Gasteiger partial charge in [-0.25, -0.2) is 0 Å². The number of aliphatic hydroxyl groups excluding tert-OH is 1. The Labute approximate surface area is 118 Å². The average Bonchev–Trinajstić information content (AvgIpc) is 2.42. The highest BCUT2D eigenvalue weighted by Crippen LogP contribution is 2.21. The van der Waals surface area contributed by atoms with Gasteiger partial charge in [0.1, 0.15) is 0 Å². The Kier molecular flexibility index (Phi) is 7.11. The molecule has 0 saturated carbocycles. The molecule has 0 radical (unpaired) electrons. The molecule has 1 unspecified atom stereocenters. The summed E-state index contributed by atoms with van der Waals surface area (Å²) in [6, 6.07) is 10.7. The first-order valence-electron chi connectivity index (χ1n) is 7.42. The van der Waals surface area contributed by atoms with Crippen molar-refractivity contribution in [2.45, 2.75) is 46.0 Å². The zero-order valence-electron chi connectivity index (χ0n) is 12.7. The fraction of sp³-hybridized carbons (Fsp3) is 0.647. The Morgan fingerprint density at radius 3 is 2.53 bits per heavy atom. The van der Waals surface area contributed by atoms with Crippen LogP contribution in [0.4, 0.5) is 0 Å². The second kappa shape index (κ2) is 8.34. The topological polar surface area (TPSA) is 32.3 Å². The molecule has 0 spiro atoms. The number of aliphatic hydroxyl groups is 1. The van der Waals surface area contributed by atoms with E-state index < -0.39 is 0 Å². The van der Waals surface area contributed by atoms with Crippen molar-refractivity contribution >= 4 is 0 Å². The summed E-state index contributed by atoms with van der Waals surface area (Å²) >= 11 is 0. The Morgan fingerprint density at radius 2 is 1.89 bits per heavy atom. The summed E-state index contributed by atoms with van der Waals surface area (Å²) in [7, 11) is 0. The molecule has 1 aromatic rings. The van der Waals surface area contributed by atoms with Gasteiger partial charge in [-0.3, -0.25) is 0 Å². The van der Waals surface area contributed by atoms with Gasteiger partial charge >= 0.3 is 0 Å². The third kappa shape index (κ3) is 6.74. The normalized spacial score (nSPS) is 13.5. The van der Waals surface area contributed by atoms with Crippen LogP contribution in [-0.4, -0.2) is 24.8 Å². The predicted molar refractivity (Wildman–Crippen MR) is 82.4 cm³/mol. The van der Waals surface area contributed by atoms with Gasteiger partial charge in [0.05, 0.1) is 0 Å². The first-order chi connectivity index (χ1) is 9.05. The highest BCUT2D eigenvalue weighted by Gasteiger charge is 2.16. The maximum Gasteiger partial charge on any atom is 0.0431 e. The summed E-state index contributed by atoms with van der Waals surface area (Å²) in [4.78, 5) is 0. The van der Waals surface area contributed by atoms with Gasteiger partial charge < -0.3 is 10.4 Å². The predicted octanol–water partition coefficient (Wildman–Crippen LogP) is 3.57. The molecule has 0 aliphatic carbocycles. The monoisotopic (exact) mass is 263 g/mol. The van der Waals surface area contributed by atoms with E-state index >= 15 is 0 Å². The highest BCUT2D eigenvalue weighted by atomic mass is 16.2. The van der Waals surface area contributed by atoms with E-state index in [0.717, 1.165) is 25.9 Å². The summed E-state index contributed by atoms with van der Waals surface area (Å²) in [5, 5.41) is 12.4. The van der Waals surface area contributed by atoms with Crippen LogP contribution in [0, 0.1) is 5.41 Å². The Bertz CT molecular complexity index is 334. The van der Waals surface area contributed by atoms with Gasteiger partial charge in [-0.05, 0) is 42.7 Å². The van der Waals surface area contributed by atoms with Crippen LogP contribution in [0.25, 0.3) is 0 Å². The van der Waals surface area contributed by atoms with Gasteiger partial charge in [-0.1, -0.05) is 51.1 Å². The van der Waals surface area contributed by atoms with Crippen molar-refractivity contribution in [3.8, 4) is 0 Å². The molecule has 1 rings (SSSR count). The molecule has 2 N–H and O–H groups in total. The van der Waals surface area contributed by atoms with Crippen LogP contribution in [0.3, 0.4) is 0 Å². The molecule has 2 nitrogen and oxygen atoms in total. The Balaban J connectivity index is 2.20. The van der Waals surface area contributed by atoms with Crippen LogP contribution < -0.4 is 5.32 Å². The lowest BCUT2D eigenvalue weighted by atomic mass is 9.88. The first-order valence-corrected chi connectivity index (χ1v) is 7.42. The summed E-state index contributed by atoms with van der Waals surface area (Å²) < 4.78 is 0. The van der Waals surface area contributed by atoms with Crippen molar-refractivity contribution < 1.29 is 5.11 Å². The van der Waals surface area contributed by atoms with Crippen LogP contribution in [0.1, 0.15) is 51.5 Å². The molecular weight excluding hydrogens is 234 g/mol. The molecule has 0 bridgehead atoms. The van der Waals surface area contributed by atoms with Gasteiger partial charge in [-0.15, -0.1) is 0 Å². The van der Waals surface area contributed by atoms with Gasteiger partial charge in [0.25, 0.3) is 0 Å². The van der Waals surface area contributed by atoms with Crippen molar-refractivity contribution in [1.82, 2.24) is 5.32 Å². The van der Waals surface area contributed by atoms with Crippen molar-refractivity contribution in [2.75, 3.05) is 19.7 Å². The van der Waals surface area contributed by atoms with E-state index in [-0.39, 0.29) is 5.41 Å². The minimum absolute atomic E-state index is 0.277. The number of benzene rings is 1. The van der Waals surface area contributed by atoms with Crippen LogP contribution in [0.15, 0.2) is 30.3 Å². The van der Waals surface area contributed by atoms with E-state index in [1.54, 1.807) is 0 Å². The quantitative estimate of drug-likeness (QED) is 0.668. The number of nitrogens with one attached hydrogen (secondary N) is 1. The van der Waals surface area contributed by atoms with E-state index in [1.165, 1.54) is 12.0 Å².